The minimum atomic E-state index is 0.272. The molecule has 0 saturated carbocycles. The molecule has 1 aromatic heterocycles. The van der Waals surface area contributed by atoms with Crippen LogP contribution in [0.25, 0.3) is 0 Å². The summed E-state index contributed by atoms with van der Waals surface area (Å²) in [7, 11) is 0. The first-order valence-electron chi connectivity index (χ1n) is 3.67. The second-order valence-corrected chi connectivity index (χ2v) is 2.12. The molecule has 1 rings (SSSR count). The summed E-state index contributed by atoms with van der Waals surface area (Å²) in [5.74, 6) is 0.477. The maximum Gasteiger partial charge on any atom is 0.232 e. The first-order valence-corrected chi connectivity index (χ1v) is 3.67. The molecule has 0 spiro atoms. The largest absolute Gasteiger partial charge is 0.477 e. The van der Waals surface area contributed by atoms with Crippen molar-refractivity contribution in [2.24, 2.45) is 0 Å². The van der Waals surface area contributed by atoms with Crippen molar-refractivity contribution in [3.8, 4) is 11.9 Å². The molecule has 0 unspecified atom stereocenters. The van der Waals surface area contributed by atoms with Gasteiger partial charge in [0.05, 0.1) is 31.0 Å². The Kier molecular flexibility index (Phi) is 3.03. The first kappa shape index (κ1) is 8.47. The number of hydrogen-bond acceptors (Lipinski definition) is 4. The molecule has 0 radical (unpaired) electrons. The Labute approximate surface area is 70.8 Å². The van der Waals surface area contributed by atoms with Crippen molar-refractivity contribution in [1.29, 1.82) is 5.26 Å². The van der Waals surface area contributed by atoms with Crippen molar-refractivity contribution in [2.45, 2.75) is 13.3 Å². The third-order valence-corrected chi connectivity index (χ3v) is 1.21. The molecule has 0 aliphatic rings. The first-order chi connectivity index (χ1) is 5.86. The normalized spacial score (nSPS) is 9.00. The van der Waals surface area contributed by atoms with Crippen molar-refractivity contribution < 1.29 is 4.74 Å². The van der Waals surface area contributed by atoms with Gasteiger partial charge in [-0.15, -0.1) is 0 Å². The molecular weight excluding hydrogens is 154 g/mol. The van der Waals surface area contributed by atoms with Gasteiger partial charge in [-0.05, 0) is 6.92 Å². The molecule has 0 aliphatic carbocycles. The molecule has 0 bridgehead atoms. The Hall–Kier alpha value is -1.63. The molecule has 0 amide bonds. The molecule has 4 heteroatoms. The fraction of sp³-hybridized carbons (Fsp3) is 0.375. The zero-order valence-corrected chi connectivity index (χ0v) is 6.82. The Bertz CT molecular complexity index is 293. The molecule has 1 aromatic rings. The predicted molar refractivity (Wildman–Crippen MR) is 42.5 cm³/mol. The summed E-state index contributed by atoms with van der Waals surface area (Å²) in [4.78, 5) is 7.93. The lowest BCUT2D eigenvalue weighted by atomic mass is 10.3. The molecular formula is C8H9N3O. The highest BCUT2D eigenvalue weighted by Crippen LogP contribution is 2.04. The van der Waals surface area contributed by atoms with Crippen LogP contribution in [0.4, 0.5) is 0 Å². The van der Waals surface area contributed by atoms with Crippen molar-refractivity contribution in [3.63, 3.8) is 0 Å². The van der Waals surface area contributed by atoms with Crippen LogP contribution in [0.2, 0.25) is 0 Å². The van der Waals surface area contributed by atoms with E-state index in [1.807, 2.05) is 13.0 Å². The fourth-order valence-electron chi connectivity index (χ4n) is 0.770. The van der Waals surface area contributed by atoms with Gasteiger partial charge >= 0.3 is 0 Å². The van der Waals surface area contributed by atoms with E-state index in [2.05, 4.69) is 9.97 Å². The SMILES string of the molecule is CCOc1cncc(CC#N)n1. The minimum Gasteiger partial charge on any atom is -0.477 e. The van der Waals surface area contributed by atoms with Crippen LogP contribution in [-0.4, -0.2) is 16.6 Å². The Balaban J connectivity index is 2.75. The Morgan fingerprint density at radius 3 is 3.08 bits per heavy atom. The number of hydrogen-bond donors (Lipinski definition) is 0. The average Bonchev–Trinajstić information content (AvgIpc) is 2.06. The van der Waals surface area contributed by atoms with Crippen molar-refractivity contribution >= 4 is 0 Å². The maximum atomic E-state index is 8.38. The lowest BCUT2D eigenvalue weighted by Gasteiger charge is -2.00. The third-order valence-electron chi connectivity index (χ3n) is 1.21. The number of aromatic nitrogens is 2. The van der Waals surface area contributed by atoms with Crippen molar-refractivity contribution in [2.75, 3.05) is 6.61 Å². The quantitative estimate of drug-likeness (QED) is 0.665. The molecule has 12 heavy (non-hydrogen) atoms. The molecule has 0 fully saturated rings. The molecule has 0 aliphatic heterocycles. The van der Waals surface area contributed by atoms with Gasteiger partial charge in [-0.2, -0.15) is 5.26 Å². The van der Waals surface area contributed by atoms with Crippen molar-refractivity contribution in [3.05, 3.63) is 18.1 Å². The van der Waals surface area contributed by atoms with Crippen LogP contribution in [0, 0.1) is 11.3 Å². The van der Waals surface area contributed by atoms with Gasteiger partial charge in [-0.3, -0.25) is 4.98 Å². The van der Waals surface area contributed by atoms with Crippen LogP contribution in [0.5, 0.6) is 5.88 Å². The van der Waals surface area contributed by atoms with E-state index in [-0.39, 0.29) is 6.42 Å². The van der Waals surface area contributed by atoms with E-state index < -0.39 is 0 Å². The van der Waals surface area contributed by atoms with Crippen LogP contribution in [0.15, 0.2) is 12.4 Å². The predicted octanol–water partition coefficient (Wildman–Crippen LogP) is 0.941. The van der Waals surface area contributed by atoms with Gasteiger partial charge in [-0.25, -0.2) is 4.98 Å². The minimum absolute atomic E-state index is 0.272. The van der Waals surface area contributed by atoms with E-state index in [0.29, 0.717) is 18.2 Å². The summed E-state index contributed by atoms with van der Waals surface area (Å²) in [5, 5.41) is 8.38. The van der Waals surface area contributed by atoms with Crippen LogP contribution in [0.3, 0.4) is 0 Å². The van der Waals surface area contributed by atoms with E-state index in [4.69, 9.17) is 10.00 Å². The Morgan fingerprint density at radius 1 is 1.58 bits per heavy atom. The van der Waals surface area contributed by atoms with E-state index >= 15 is 0 Å². The molecule has 0 atom stereocenters. The highest BCUT2D eigenvalue weighted by Gasteiger charge is 1.97. The van der Waals surface area contributed by atoms with Gasteiger partial charge < -0.3 is 4.74 Å². The summed E-state index contributed by atoms with van der Waals surface area (Å²) in [6.45, 7) is 2.43. The number of nitrogens with zero attached hydrogens (tertiary/aromatic N) is 3. The van der Waals surface area contributed by atoms with Crippen molar-refractivity contribution in [1.82, 2.24) is 9.97 Å². The Morgan fingerprint density at radius 2 is 2.42 bits per heavy atom. The lowest BCUT2D eigenvalue weighted by molar-refractivity contribution is 0.324. The van der Waals surface area contributed by atoms with Gasteiger partial charge in [-0.1, -0.05) is 0 Å². The van der Waals surface area contributed by atoms with Crippen LogP contribution >= 0.6 is 0 Å². The number of rotatable bonds is 3. The van der Waals surface area contributed by atoms with E-state index in [1.54, 1.807) is 6.20 Å². The number of ether oxygens (including phenoxy) is 1. The van der Waals surface area contributed by atoms with Gasteiger partial charge in [0.1, 0.15) is 0 Å². The summed E-state index contributed by atoms with van der Waals surface area (Å²) < 4.78 is 5.11. The molecule has 0 aromatic carbocycles. The summed E-state index contributed by atoms with van der Waals surface area (Å²) in [6.07, 6.45) is 3.37. The average molecular weight is 163 g/mol. The molecule has 62 valence electrons. The van der Waals surface area contributed by atoms with Gasteiger partial charge in [0.15, 0.2) is 0 Å². The van der Waals surface area contributed by atoms with Crippen LogP contribution in [-0.2, 0) is 6.42 Å². The van der Waals surface area contributed by atoms with E-state index in [0.717, 1.165) is 0 Å². The molecule has 0 N–H and O–H groups in total. The van der Waals surface area contributed by atoms with E-state index in [9.17, 15) is 0 Å². The zero-order chi connectivity index (χ0) is 8.81. The van der Waals surface area contributed by atoms with E-state index in [1.165, 1.54) is 6.20 Å². The standard InChI is InChI=1S/C8H9N3O/c1-2-12-8-6-10-5-7(11-8)3-4-9/h5-6H,2-3H2,1H3. The van der Waals surface area contributed by atoms with Gasteiger partial charge in [0.2, 0.25) is 5.88 Å². The summed E-state index contributed by atoms with van der Waals surface area (Å²) in [5.41, 5.74) is 0.642. The third kappa shape index (κ3) is 2.20. The van der Waals surface area contributed by atoms with Gasteiger partial charge in [0.25, 0.3) is 0 Å². The van der Waals surface area contributed by atoms with Gasteiger partial charge in [0, 0.05) is 6.20 Å². The topological polar surface area (TPSA) is 58.8 Å². The second-order valence-electron chi connectivity index (χ2n) is 2.12. The highest BCUT2D eigenvalue weighted by atomic mass is 16.5. The van der Waals surface area contributed by atoms with Crippen LogP contribution in [0.1, 0.15) is 12.6 Å². The monoisotopic (exact) mass is 163 g/mol. The molecule has 4 nitrogen and oxygen atoms in total. The smallest absolute Gasteiger partial charge is 0.232 e. The molecule has 0 saturated heterocycles. The van der Waals surface area contributed by atoms with Crippen LogP contribution < -0.4 is 4.74 Å². The summed E-state index contributed by atoms with van der Waals surface area (Å²) >= 11 is 0. The summed E-state index contributed by atoms with van der Waals surface area (Å²) in [6, 6.07) is 2.00. The zero-order valence-electron chi connectivity index (χ0n) is 6.82. The second kappa shape index (κ2) is 4.29. The molecule has 1 heterocycles. The highest BCUT2D eigenvalue weighted by molar-refractivity contribution is 5.10. The lowest BCUT2D eigenvalue weighted by Crippen LogP contribution is -1.97. The number of nitriles is 1. The fourth-order valence-corrected chi connectivity index (χ4v) is 0.770. The maximum absolute atomic E-state index is 8.38.